The van der Waals surface area contributed by atoms with Crippen molar-refractivity contribution in [3.63, 3.8) is 0 Å². The average molecular weight is 250 g/mol. The maximum Gasteiger partial charge on any atom is 0.407 e. The minimum Gasteiger partial charge on any atom is -0.465 e. The molecule has 0 aromatic carbocycles. The van der Waals surface area contributed by atoms with Crippen molar-refractivity contribution in [2.45, 2.75) is 57.2 Å². The van der Waals surface area contributed by atoms with Gasteiger partial charge in [-0.05, 0) is 19.8 Å². The van der Waals surface area contributed by atoms with Crippen molar-refractivity contribution in [2.24, 2.45) is 0 Å². The molecule has 0 aromatic rings. The minimum absolute atomic E-state index is 0.0408. The molecule has 0 bridgehead atoms. The molecule has 94 valence electrons. The van der Waals surface area contributed by atoms with Gasteiger partial charge in [-0.25, -0.2) is 4.79 Å². The standard InChI is InChI=1S/C11H20ClNO3/c1-8(10(14)7-12)13(11(15)16)9-5-3-2-4-6-9/h8-10,14H,2-7H2,1H3,(H,15,16)/t8-,10-/m0/s1. The Morgan fingerprint density at radius 2 is 2.00 bits per heavy atom. The van der Waals surface area contributed by atoms with E-state index in [1.165, 1.54) is 11.3 Å². The van der Waals surface area contributed by atoms with Gasteiger partial charge in [-0.1, -0.05) is 19.3 Å². The third kappa shape index (κ3) is 3.25. The van der Waals surface area contributed by atoms with Crippen LogP contribution in [-0.4, -0.2) is 45.3 Å². The maximum absolute atomic E-state index is 11.2. The molecule has 0 saturated heterocycles. The molecule has 1 aliphatic rings. The van der Waals surface area contributed by atoms with E-state index in [0.717, 1.165) is 25.7 Å². The van der Waals surface area contributed by atoms with Gasteiger partial charge in [-0.3, -0.25) is 0 Å². The summed E-state index contributed by atoms with van der Waals surface area (Å²) in [6.07, 6.45) is 3.35. The molecular formula is C11H20ClNO3. The Morgan fingerprint density at radius 1 is 1.44 bits per heavy atom. The lowest BCUT2D eigenvalue weighted by Crippen LogP contribution is -2.51. The van der Waals surface area contributed by atoms with Crippen LogP contribution in [0.4, 0.5) is 4.79 Å². The lowest BCUT2D eigenvalue weighted by molar-refractivity contribution is 0.0354. The Hall–Kier alpha value is -0.480. The highest BCUT2D eigenvalue weighted by atomic mass is 35.5. The van der Waals surface area contributed by atoms with Crippen LogP contribution >= 0.6 is 11.6 Å². The summed E-state index contributed by atoms with van der Waals surface area (Å²) in [5.74, 6) is 0.0671. The lowest BCUT2D eigenvalue weighted by atomic mass is 9.93. The second-order valence-corrected chi connectivity index (χ2v) is 4.75. The highest BCUT2D eigenvalue weighted by molar-refractivity contribution is 6.18. The molecule has 2 atom stereocenters. The first-order valence-corrected chi connectivity index (χ1v) is 6.36. The first-order valence-electron chi connectivity index (χ1n) is 5.83. The number of amides is 1. The van der Waals surface area contributed by atoms with E-state index >= 15 is 0 Å². The average Bonchev–Trinajstić information content (AvgIpc) is 2.29. The van der Waals surface area contributed by atoms with Crippen LogP contribution in [0.1, 0.15) is 39.0 Å². The van der Waals surface area contributed by atoms with Crippen molar-refractivity contribution in [3.8, 4) is 0 Å². The van der Waals surface area contributed by atoms with Crippen molar-refractivity contribution in [1.29, 1.82) is 0 Å². The van der Waals surface area contributed by atoms with Crippen molar-refractivity contribution in [3.05, 3.63) is 0 Å². The molecule has 1 amide bonds. The van der Waals surface area contributed by atoms with Gasteiger partial charge in [0.2, 0.25) is 0 Å². The number of aliphatic hydroxyl groups is 1. The van der Waals surface area contributed by atoms with E-state index in [-0.39, 0.29) is 11.9 Å². The van der Waals surface area contributed by atoms with E-state index < -0.39 is 18.2 Å². The van der Waals surface area contributed by atoms with Crippen LogP contribution in [0.5, 0.6) is 0 Å². The Labute approximate surface area is 101 Å². The summed E-state index contributed by atoms with van der Waals surface area (Å²) in [6.45, 7) is 1.72. The van der Waals surface area contributed by atoms with Crippen LogP contribution < -0.4 is 0 Å². The van der Waals surface area contributed by atoms with Gasteiger partial charge in [0.05, 0.1) is 18.0 Å². The monoisotopic (exact) mass is 249 g/mol. The molecule has 1 fully saturated rings. The van der Waals surface area contributed by atoms with Crippen molar-refractivity contribution in [1.82, 2.24) is 4.90 Å². The summed E-state index contributed by atoms with van der Waals surface area (Å²) in [5.41, 5.74) is 0. The molecule has 16 heavy (non-hydrogen) atoms. The number of aliphatic hydroxyl groups excluding tert-OH is 1. The van der Waals surface area contributed by atoms with E-state index in [4.69, 9.17) is 11.6 Å². The summed E-state index contributed by atoms with van der Waals surface area (Å²) >= 11 is 5.56. The Morgan fingerprint density at radius 3 is 2.44 bits per heavy atom. The number of rotatable bonds is 4. The van der Waals surface area contributed by atoms with Crippen LogP contribution in [0.15, 0.2) is 0 Å². The molecule has 0 radical (unpaired) electrons. The molecular weight excluding hydrogens is 230 g/mol. The highest BCUT2D eigenvalue weighted by Crippen LogP contribution is 2.25. The molecule has 1 aliphatic carbocycles. The van der Waals surface area contributed by atoms with Crippen LogP contribution in [0.3, 0.4) is 0 Å². The minimum atomic E-state index is -0.955. The highest BCUT2D eigenvalue weighted by Gasteiger charge is 2.32. The number of hydrogen-bond donors (Lipinski definition) is 2. The summed E-state index contributed by atoms with van der Waals surface area (Å²) in [4.78, 5) is 12.6. The van der Waals surface area contributed by atoms with Gasteiger partial charge in [0, 0.05) is 6.04 Å². The zero-order valence-electron chi connectivity index (χ0n) is 9.60. The van der Waals surface area contributed by atoms with E-state index in [9.17, 15) is 15.0 Å². The molecule has 1 saturated carbocycles. The number of alkyl halides is 1. The Balaban J connectivity index is 2.68. The molecule has 4 nitrogen and oxygen atoms in total. The molecule has 0 aromatic heterocycles. The zero-order valence-corrected chi connectivity index (χ0v) is 10.4. The van der Waals surface area contributed by atoms with Crippen molar-refractivity contribution < 1.29 is 15.0 Å². The van der Waals surface area contributed by atoms with E-state index in [1.807, 2.05) is 0 Å². The number of hydrogen-bond acceptors (Lipinski definition) is 2. The SMILES string of the molecule is C[C@@H]([C@@H](O)CCl)N(C(=O)O)C1CCCCC1. The largest absolute Gasteiger partial charge is 0.465 e. The normalized spacial score (nSPS) is 21.4. The quantitative estimate of drug-likeness (QED) is 0.752. The predicted molar refractivity (Wildman–Crippen MR) is 62.9 cm³/mol. The topological polar surface area (TPSA) is 60.8 Å². The molecule has 0 spiro atoms. The fourth-order valence-electron chi connectivity index (χ4n) is 2.34. The zero-order chi connectivity index (χ0) is 12.1. The molecule has 0 heterocycles. The maximum atomic E-state index is 11.2. The molecule has 2 N–H and O–H groups in total. The smallest absolute Gasteiger partial charge is 0.407 e. The van der Waals surface area contributed by atoms with Crippen LogP contribution in [0.2, 0.25) is 0 Å². The fourth-order valence-corrected chi connectivity index (χ4v) is 2.59. The van der Waals surface area contributed by atoms with Gasteiger partial charge < -0.3 is 15.1 Å². The Kier molecular flexibility index (Phi) is 5.35. The summed E-state index contributed by atoms with van der Waals surface area (Å²) < 4.78 is 0. The predicted octanol–water partition coefficient (Wildman–Crippen LogP) is 2.29. The number of carbonyl (C=O) groups is 1. The van der Waals surface area contributed by atoms with Gasteiger partial charge >= 0.3 is 6.09 Å². The summed E-state index contributed by atoms with van der Waals surface area (Å²) in [5, 5.41) is 18.9. The van der Waals surface area contributed by atoms with E-state index in [1.54, 1.807) is 6.92 Å². The first kappa shape index (κ1) is 13.6. The lowest BCUT2D eigenvalue weighted by Gasteiger charge is -2.38. The molecule has 1 rings (SSSR count). The van der Waals surface area contributed by atoms with Crippen LogP contribution in [0.25, 0.3) is 0 Å². The number of nitrogens with zero attached hydrogens (tertiary/aromatic N) is 1. The fraction of sp³-hybridized carbons (Fsp3) is 0.909. The number of halogens is 1. The number of carboxylic acid groups (broad SMARTS) is 1. The third-order valence-electron chi connectivity index (χ3n) is 3.34. The summed E-state index contributed by atoms with van der Waals surface area (Å²) in [7, 11) is 0. The molecule has 0 aliphatic heterocycles. The second-order valence-electron chi connectivity index (χ2n) is 4.44. The van der Waals surface area contributed by atoms with Gasteiger partial charge in [0.15, 0.2) is 0 Å². The van der Waals surface area contributed by atoms with E-state index in [0.29, 0.717) is 0 Å². The first-order chi connectivity index (χ1) is 7.57. The van der Waals surface area contributed by atoms with Crippen molar-refractivity contribution >= 4 is 17.7 Å². The van der Waals surface area contributed by atoms with Gasteiger partial charge in [-0.15, -0.1) is 11.6 Å². The summed E-state index contributed by atoms with van der Waals surface area (Å²) in [6, 6.07) is -0.391. The van der Waals surface area contributed by atoms with Crippen LogP contribution in [-0.2, 0) is 0 Å². The van der Waals surface area contributed by atoms with Crippen LogP contribution in [0, 0.1) is 0 Å². The van der Waals surface area contributed by atoms with E-state index in [2.05, 4.69) is 0 Å². The molecule has 0 unspecified atom stereocenters. The second kappa shape index (κ2) is 6.30. The van der Waals surface area contributed by atoms with Gasteiger partial charge in [0.1, 0.15) is 0 Å². The van der Waals surface area contributed by atoms with Crippen molar-refractivity contribution in [2.75, 3.05) is 5.88 Å². The van der Waals surface area contributed by atoms with Gasteiger partial charge in [-0.2, -0.15) is 0 Å². The molecule has 5 heteroatoms. The Bertz CT molecular complexity index is 229. The van der Waals surface area contributed by atoms with Gasteiger partial charge in [0.25, 0.3) is 0 Å². The third-order valence-corrected chi connectivity index (χ3v) is 3.66.